The zero-order chi connectivity index (χ0) is 13.0. The first kappa shape index (κ1) is 13.0. The Morgan fingerprint density at radius 1 is 1.33 bits per heavy atom. The highest BCUT2D eigenvalue weighted by atomic mass is 16.4. The summed E-state index contributed by atoms with van der Waals surface area (Å²) >= 11 is 0. The maximum absolute atomic E-state index is 10.5. The summed E-state index contributed by atoms with van der Waals surface area (Å²) in [6.45, 7) is 5.49. The van der Waals surface area contributed by atoms with Gasteiger partial charge in [0.1, 0.15) is 0 Å². The van der Waals surface area contributed by atoms with E-state index in [2.05, 4.69) is 14.9 Å². The maximum atomic E-state index is 10.5. The molecule has 1 aliphatic heterocycles. The van der Waals surface area contributed by atoms with Crippen LogP contribution in [0.1, 0.15) is 12.0 Å². The van der Waals surface area contributed by atoms with Crippen LogP contribution in [-0.4, -0.2) is 63.4 Å². The number of aryl methyl sites for hydroxylation is 1. The molecule has 6 nitrogen and oxygen atoms in total. The van der Waals surface area contributed by atoms with Crippen molar-refractivity contribution >= 4 is 5.97 Å². The van der Waals surface area contributed by atoms with Gasteiger partial charge in [0, 0.05) is 58.1 Å². The lowest BCUT2D eigenvalue weighted by molar-refractivity contribution is -0.137. The molecule has 6 heteroatoms. The largest absolute Gasteiger partial charge is 0.481 e. The summed E-state index contributed by atoms with van der Waals surface area (Å²) in [5, 5.41) is 12.8. The van der Waals surface area contributed by atoms with Crippen LogP contribution in [0.2, 0.25) is 0 Å². The van der Waals surface area contributed by atoms with Gasteiger partial charge in [-0.05, 0) is 0 Å². The van der Waals surface area contributed by atoms with Gasteiger partial charge in [-0.25, -0.2) is 0 Å². The van der Waals surface area contributed by atoms with Gasteiger partial charge >= 0.3 is 5.97 Å². The normalized spacial score (nSPS) is 18.1. The van der Waals surface area contributed by atoms with E-state index in [0.29, 0.717) is 6.54 Å². The summed E-state index contributed by atoms with van der Waals surface area (Å²) in [7, 11) is 1.92. The van der Waals surface area contributed by atoms with Crippen molar-refractivity contribution in [3.63, 3.8) is 0 Å². The molecule has 18 heavy (non-hydrogen) atoms. The Kier molecular flexibility index (Phi) is 4.33. The number of aromatic nitrogens is 2. The maximum Gasteiger partial charge on any atom is 0.304 e. The van der Waals surface area contributed by atoms with E-state index in [1.807, 2.05) is 24.1 Å². The highest BCUT2D eigenvalue weighted by Gasteiger charge is 2.17. The molecule has 0 bridgehead atoms. The Hall–Kier alpha value is -1.40. The minimum absolute atomic E-state index is 0.239. The molecule has 1 aliphatic rings. The number of nitrogens with zero attached hydrogens (tertiary/aromatic N) is 4. The Morgan fingerprint density at radius 2 is 2.00 bits per heavy atom. The zero-order valence-corrected chi connectivity index (χ0v) is 10.7. The molecular formula is C12H20N4O2. The molecule has 100 valence electrons. The van der Waals surface area contributed by atoms with Crippen molar-refractivity contribution in [2.45, 2.75) is 13.0 Å². The van der Waals surface area contributed by atoms with Crippen LogP contribution >= 0.6 is 0 Å². The molecule has 1 aromatic heterocycles. The van der Waals surface area contributed by atoms with Crippen LogP contribution in [0.5, 0.6) is 0 Å². The number of aliphatic carboxylic acids is 1. The smallest absolute Gasteiger partial charge is 0.304 e. The summed E-state index contributed by atoms with van der Waals surface area (Å²) in [5.74, 6) is -0.715. The molecule has 0 saturated carbocycles. The number of carboxylic acids is 1. The molecule has 0 aliphatic carbocycles. The third-order valence-electron chi connectivity index (χ3n) is 3.27. The quantitative estimate of drug-likeness (QED) is 0.800. The second kappa shape index (κ2) is 5.97. The van der Waals surface area contributed by atoms with E-state index in [9.17, 15) is 4.79 Å². The predicted octanol–water partition coefficient (Wildman–Crippen LogP) is 0.0124. The fraction of sp³-hybridized carbons (Fsp3) is 0.667. The van der Waals surface area contributed by atoms with Crippen LogP contribution < -0.4 is 0 Å². The van der Waals surface area contributed by atoms with E-state index in [-0.39, 0.29) is 6.42 Å². The van der Waals surface area contributed by atoms with Crippen molar-refractivity contribution in [2.75, 3.05) is 32.7 Å². The molecule has 1 aromatic rings. The number of carbonyl (C=O) groups is 1. The third-order valence-corrected chi connectivity index (χ3v) is 3.27. The number of hydrogen-bond acceptors (Lipinski definition) is 4. The minimum atomic E-state index is -0.715. The second-order valence-corrected chi connectivity index (χ2v) is 4.78. The third kappa shape index (κ3) is 3.82. The number of rotatable bonds is 5. The first-order valence-electron chi connectivity index (χ1n) is 6.27. The van der Waals surface area contributed by atoms with Crippen LogP contribution in [0.3, 0.4) is 0 Å². The van der Waals surface area contributed by atoms with E-state index in [1.54, 1.807) is 0 Å². The van der Waals surface area contributed by atoms with Crippen LogP contribution in [0, 0.1) is 0 Å². The predicted molar refractivity (Wildman–Crippen MR) is 67.2 cm³/mol. The Bertz CT molecular complexity index is 397. The van der Waals surface area contributed by atoms with Gasteiger partial charge in [-0.1, -0.05) is 0 Å². The Morgan fingerprint density at radius 3 is 2.56 bits per heavy atom. The molecule has 1 N–H and O–H groups in total. The summed E-state index contributed by atoms with van der Waals surface area (Å²) in [6, 6.07) is 0. The lowest BCUT2D eigenvalue weighted by Crippen LogP contribution is -2.46. The van der Waals surface area contributed by atoms with Crippen LogP contribution in [-0.2, 0) is 18.4 Å². The lowest BCUT2D eigenvalue weighted by atomic mass is 10.2. The first-order chi connectivity index (χ1) is 8.63. The lowest BCUT2D eigenvalue weighted by Gasteiger charge is -2.34. The second-order valence-electron chi connectivity index (χ2n) is 4.78. The number of hydrogen-bond donors (Lipinski definition) is 1. The van der Waals surface area contributed by atoms with Crippen molar-refractivity contribution < 1.29 is 9.90 Å². The van der Waals surface area contributed by atoms with Crippen LogP contribution in [0.4, 0.5) is 0 Å². The molecule has 0 radical (unpaired) electrons. The van der Waals surface area contributed by atoms with Crippen molar-refractivity contribution in [1.29, 1.82) is 0 Å². The average molecular weight is 252 g/mol. The Labute approximate surface area is 107 Å². The molecule has 0 atom stereocenters. The van der Waals surface area contributed by atoms with Crippen LogP contribution in [0.25, 0.3) is 0 Å². The van der Waals surface area contributed by atoms with E-state index < -0.39 is 5.97 Å². The molecular weight excluding hydrogens is 232 g/mol. The highest BCUT2D eigenvalue weighted by Crippen LogP contribution is 2.07. The highest BCUT2D eigenvalue weighted by molar-refractivity contribution is 5.66. The van der Waals surface area contributed by atoms with Crippen LogP contribution in [0.15, 0.2) is 12.4 Å². The first-order valence-corrected chi connectivity index (χ1v) is 6.27. The molecule has 1 saturated heterocycles. The fourth-order valence-corrected chi connectivity index (χ4v) is 2.24. The van der Waals surface area contributed by atoms with Crippen molar-refractivity contribution in [1.82, 2.24) is 19.6 Å². The van der Waals surface area contributed by atoms with Crippen molar-refractivity contribution in [3.05, 3.63) is 18.0 Å². The van der Waals surface area contributed by atoms with E-state index in [0.717, 1.165) is 32.7 Å². The van der Waals surface area contributed by atoms with Gasteiger partial charge in [0.2, 0.25) is 0 Å². The number of carboxylic acid groups (broad SMARTS) is 1. The average Bonchev–Trinajstić information content (AvgIpc) is 2.74. The molecule has 0 unspecified atom stereocenters. The monoisotopic (exact) mass is 252 g/mol. The molecule has 1 fully saturated rings. The molecule has 0 spiro atoms. The molecule has 2 heterocycles. The standard InChI is InChI=1S/C12H20N4O2/c1-14-9-11(8-13-14)10-16-6-4-15(5-7-16)3-2-12(17)18/h8-9H,2-7,10H2,1H3,(H,17,18). The molecule has 0 amide bonds. The summed E-state index contributed by atoms with van der Waals surface area (Å²) in [5.41, 5.74) is 1.23. The van der Waals surface area contributed by atoms with Gasteiger partial charge in [-0.3, -0.25) is 14.4 Å². The number of piperazine rings is 1. The van der Waals surface area contributed by atoms with Crippen molar-refractivity contribution in [2.24, 2.45) is 7.05 Å². The van der Waals surface area contributed by atoms with E-state index in [1.165, 1.54) is 5.56 Å². The topological polar surface area (TPSA) is 61.6 Å². The summed E-state index contributed by atoms with van der Waals surface area (Å²) in [6.07, 6.45) is 4.18. The van der Waals surface area contributed by atoms with Gasteiger partial charge in [0.15, 0.2) is 0 Å². The van der Waals surface area contributed by atoms with Crippen molar-refractivity contribution in [3.8, 4) is 0 Å². The fourth-order valence-electron chi connectivity index (χ4n) is 2.24. The van der Waals surface area contributed by atoms with Gasteiger partial charge in [-0.15, -0.1) is 0 Å². The Balaban J connectivity index is 1.71. The van der Waals surface area contributed by atoms with E-state index in [4.69, 9.17) is 5.11 Å². The van der Waals surface area contributed by atoms with E-state index >= 15 is 0 Å². The van der Waals surface area contributed by atoms with Gasteiger partial charge < -0.3 is 10.0 Å². The summed E-state index contributed by atoms with van der Waals surface area (Å²) in [4.78, 5) is 15.1. The van der Waals surface area contributed by atoms with Gasteiger partial charge in [-0.2, -0.15) is 5.10 Å². The zero-order valence-electron chi connectivity index (χ0n) is 10.7. The van der Waals surface area contributed by atoms with Gasteiger partial charge in [0.25, 0.3) is 0 Å². The van der Waals surface area contributed by atoms with Gasteiger partial charge in [0.05, 0.1) is 12.6 Å². The summed E-state index contributed by atoms with van der Waals surface area (Å²) < 4.78 is 1.82. The molecule has 2 rings (SSSR count). The SMILES string of the molecule is Cn1cc(CN2CCN(CCC(=O)O)CC2)cn1. The molecule has 0 aromatic carbocycles. The minimum Gasteiger partial charge on any atom is -0.481 e.